The summed E-state index contributed by atoms with van der Waals surface area (Å²) in [4.78, 5) is 11.1. The maximum Gasteiger partial charge on any atom is 0.306 e. The van der Waals surface area contributed by atoms with Crippen molar-refractivity contribution in [3.8, 4) is 11.5 Å². The van der Waals surface area contributed by atoms with Crippen LogP contribution in [0, 0.1) is 5.92 Å². The van der Waals surface area contributed by atoms with Gasteiger partial charge in [0.2, 0.25) is 0 Å². The van der Waals surface area contributed by atoms with Crippen LogP contribution < -0.4 is 9.47 Å². The third kappa shape index (κ3) is 3.01. The minimum atomic E-state index is -0.824. The number of carboxylic acids is 1. The van der Waals surface area contributed by atoms with Crippen molar-refractivity contribution in [2.75, 3.05) is 13.2 Å². The Morgan fingerprint density at radius 2 is 2.10 bits per heavy atom. The van der Waals surface area contributed by atoms with Crippen LogP contribution in [0.25, 0.3) is 0 Å². The van der Waals surface area contributed by atoms with Crippen LogP contribution in [0.4, 0.5) is 0 Å². The van der Waals surface area contributed by atoms with Gasteiger partial charge in [0.25, 0.3) is 0 Å². The second kappa shape index (κ2) is 6.35. The second-order valence-electron chi connectivity index (χ2n) is 4.99. The lowest BCUT2D eigenvalue weighted by molar-refractivity contribution is -0.141. The lowest BCUT2D eigenvalue weighted by Crippen LogP contribution is -2.14. The fourth-order valence-corrected chi connectivity index (χ4v) is 2.66. The number of aliphatic carboxylic acids is 1. The molecule has 1 aromatic rings. The van der Waals surface area contributed by atoms with E-state index in [0.717, 1.165) is 29.7 Å². The van der Waals surface area contributed by atoms with Crippen LogP contribution in [0.15, 0.2) is 6.07 Å². The molecule has 1 heterocycles. The maximum absolute atomic E-state index is 11.1. The molecule has 1 N–H and O–H groups in total. The molecule has 1 aromatic carbocycles. The van der Waals surface area contributed by atoms with Gasteiger partial charge in [0.1, 0.15) is 0 Å². The van der Waals surface area contributed by atoms with E-state index in [2.05, 4.69) is 0 Å². The van der Waals surface area contributed by atoms with Gasteiger partial charge in [-0.1, -0.05) is 25.4 Å². The summed E-state index contributed by atoms with van der Waals surface area (Å²) < 4.78 is 11.4. The Morgan fingerprint density at radius 3 is 2.75 bits per heavy atom. The van der Waals surface area contributed by atoms with E-state index in [0.29, 0.717) is 30.4 Å². The van der Waals surface area contributed by atoms with Gasteiger partial charge in [-0.05, 0) is 18.4 Å². The summed E-state index contributed by atoms with van der Waals surface area (Å²) in [6.07, 6.45) is 1.96. The van der Waals surface area contributed by atoms with E-state index in [9.17, 15) is 4.79 Å². The summed E-state index contributed by atoms with van der Waals surface area (Å²) >= 11 is 6.32. The first-order chi connectivity index (χ1) is 9.54. The van der Waals surface area contributed by atoms with Crippen LogP contribution in [-0.4, -0.2) is 24.3 Å². The van der Waals surface area contributed by atoms with Crippen LogP contribution in [0.1, 0.15) is 31.4 Å². The number of halogens is 1. The zero-order chi connectivity index (χ0) is 14.7. The molecular weight excluding hydrogens is 280 g/mol. The van der Waals surface area contributed by atoms with Gasteiger partial charge >= 0.3 is 5.97 Å². The fraction of sp³-hybridized carbons (Fsp3) is 0.533. The lowest BCUT2D eigenvalue weighted by atomic mass is 9.94. The predicted molar refractivity (Wildman–Crippen MR) is 76.9 cm³/mol. The molecule has 0 spiro atoms. The Hall–Kier alpha value is -1.42. The molecule has 0 aromatic heterocycles. The van der Waals surface area contributed by atoms with Crippen LogP contribution in [0.5, 0.6) is 11.5 Å². The number of ether oxygens (including phenoxy) is 2. The number of rotatable bonds is 4. The molecule has 5 heteroatoms. The molecule has 0 aliphatic carbocycles. The molecule has 1 atom stereocenters. The van der Waals surface area contributed by atoms with Gasteiger partial charge < -0.3 is 14.6 Å². The molecule has 0 radical (unpaired) electrons. The van der Waals surface area contributed by atoms with Crippen molar-refractivity contribution in [2.24, 2.45) is 5.92 Å². The largest absolute Gasteiger partial charge is 0.489 e. The average molecular weight is 299 g/mol. The zero-order valence-electron chi connectivity index (χ0n) is 11.7. The summed E-state index contributed by atoms with van der Waals surface area (Å²) in [5.41, 5.74) is 1.82. The van der Waals surface area contributed by atoms with Crippen molar-refractivity contribution in [3.05, 3.63) is 22.2 Å². The summed E-state index contributed by atoms with van der Waals surface area (Å²) in [6.45, 7) is 4.91. The number of hydrogen-bond donors (Lipinski definition) is 1. The summed E-state index contributed by atoms with van der Waals surface area (Å²) in [5, 5.41) is 9.64. The van der Waals surface area contributed by atoms with Crippen molar-refractivity contribution >= 4 is 17.6 Å². The number of hydrogen-bond acceptors (Lipinski definition) is 3. The summed E-state index contributed by atoms with van der Waals surface area (Å²) in [6, 6.07) is 1.74. The third-order valence-corrected chi connectivity index (χ3v) is 3.82. The Morgan fingerprint density at radius 1 is 1.40 bits per heavy atom. The third-order valence-electron chi connectivity index (χ3n) is 3.49. The van der Waals surface area contributed by atoms with Gasteiger partial charge in [0.05, 0.1) is 19.1 Å². The lowest BCUT2D eigenvalue weighted by Gasteiger charge is -2.18. The van der Waals surface area contributed by atoms with E-state index in [1.165, 1.54) is 0 Å². The molecule has 0 bridgehead atoms. The predicted octanol–water partition coefficient (Wildman–Crippen LogP) is 3.33. The molecule has 20 heavy (non-hydrogen) atoms. The van der Waals surface area contributed by atoms with Crippen molar-refractivity contribution in [1.29, 1.82) is 0 Å². The van der Waals surface area contributed by atoms with E-state index in [4.69, 9.17) is 26.2 Å². The van der Waals surface area contributed by atoms with Gasteiger partial charge in [-0.3, -0.25) is 4.79 Å². The SMILES string of the molecule is CCc1c(CC(C)C(=O)O)c(Cl)cc2c1OCCCO2. The first kappa shape index (κ1) is 15.0. The maximum atomic E-state index is 11.1. The van der Waals surface area contributed by atoms with Gasteiger partial charge in [-0.2, -0.15) is 0 Å². The highest BCUT2D eigenvalue weighted by Gasteiger charge is 2.23. The molecule has 110 valence electrons. The van der Waals surface area contributed by atoms with E-state index in [1.807, 2.05) is 6.92 Å². The Labute approximate surface area is 123 Å². The monoisotopic (exact) mass is 298 g/mol. The topological polar surface area (TPSA) is 55.8 Å². The molecule has 2 rings (SSSR count). The van der Waals surface area contributed by atoms with Crippen molar-refractivity contribution in [3.63, 3.8) is 0 Å². The molecule has 0 saturated carbocycles. The van der Waals surface area contributed by atoms with Crippen LogP contribution in [0.3, 0.4) is 0 Å². The van der Waals surface area contributed by atoms with Gasteiger partial charge in [-0.25, -0.2) is 0 Å². The highest BCUT2D eigenvalue weighted by molar-refractivity contribution is 6.31. The molecule has 0 amide bonds. The normalized spacial score (nSPS) is 15.6. The smallest absolute Gasteiger partial charge is 0.306 e. The number of fused-ring (bicyclic) bond motifs is 1. The first-order valence-electron chi connectivity index (χ1n) is 6.87. The van der Waals surface area contributed by atoms with Gasteiger partial charge in [-0.15, -0.1) is 0 Å². The number of carboxylic acid groups (broad SMARTS) is 1. The molecular formula is C15H19ClO4. The average Bonchev–Trinajstić information content (AvgIpc) is 2.64. The fourth-order valence-electron chi connectivity index (χ4n) is 2.37. The van der Waals surface area contributed by atoms with Crippen LogP contribution >= 0.6 is 11.6 Å². The number of carbonyl (C=O) groups is 1. The highest BCUT2D eigenvalue weighted by atomic mass is 35.5. The second-order valence-corrected chi connectivity index (χ2v) is 5.40. The zero-order valence-corrected chi connectivity index (χ0v) is 12.5. The quantitative estimate of drug-likeness (QED) is 0.926. The minimum Gasteiger partial charge on any atom is -0.489 e. The Bertz CT molecular complexity index is 513. The van der Waals surface area contributed by atoms with Crippen molar-refractivity contribution in [2.45, 2.75) is 33.1 Å². The highest BCUT2D eigenvalue weighted by Crippen LogP contribution is 2.40. The van der Waals surface area contributed by atoms with E-state index in [1.54, 1.807) is 13.0 Å². The molecule has 0 fully saturated rings. The van der Waals surface area contributed by atoms with E-state index in [-0.39, 0.29) is 0 Å². The standard InChI is InChI=1S/C15H19ClO4/c1-3-10-11(7-9(2)15(17)18)12(16)8-13-14(10)20-6-4-5-19-13/h8-9H,3-7H2,1-2H3,(H,17,18). The molecule has 4 nitrogen and oxygen atoms in total. The molecule has 0 saturated heterocycles. The van der Waals surface area contributed by atoms with Gasteiger partial charge in [0.15, 0.2) is 11.5 Å². The first-order valence-corrected chi connectivity index (χ1v) is 7.25. The molecule has 1 aliphatic rings. The van der Waals surface area contributed by atoms with Crippen molar-refractivity contribution in [1.82, 2.24) is 0 Å². The van der Waals surface area contributed by atoms with E-state index >= 15 is 0 Å². The Kier molecular flexibility index (Phi) is 4.76. The minimum absolute atomic E-state index is 0.397. The Balaban J connectivity index is 2.45. The van der Waals surface area contributed by atoms with E-state index < -0.39 is 11.9 Å². The van der Waals surface area contributed by atoms with Crippen LogP contribution in [0.2, 0.25) is 5.02 Å². The molecule has 1 unspecified atom stereocenters. The summed E-state index contributed by atoms with van der Waals surface area (Å²) in [5.74, 6) is 0.0795. The van der Waals surface area contributed by atoms with Gasteiger partial charge in [0, 0.05) is 23.1 Å². The number of benzene rings is 1. The van der Waals surface area contributed by atoms with Crippen molar-refractivity contribution < 1.29 is 19.4 Å². The summed E-state index contributed by atoms with van der Waals surface area (Å²) in [7, 11) is 0. The molecule has 1 aliphatic heterocycles. The van der Waals surface area contributed by atoms with Crippen LogP contribution in [-0.2, 0) is 17.6 Å².